The zero-order valence-corrected chi connectivity index (χ0v) is 17.9. The first-order valence-corrected chi connectivity index (χ1v) is 10.2. The fraction of sp³-hybridized carbons (Fsp3) is 0.450. The van der Waals surface area contributed by atoms with E-state index in [1.807, 2.05) is 5.38 Å². The fourth-order valence-electron chi connectivity index (χ4n) is 3.84. The van der Waals surface area contributed by atoms with Crippen LogP contribution in [0.15, 0.2) is 34.6 Å². The van der Waals surface area contributed by atoms with Gasteiger partial charge in [0.15, 0.2) is 4.80 Å². The van der Waals surface area contributed by atoms with Crippen LogP contribution in [0.1, 0.15) is 65.4 Å². The van der Waals surface area contributed by atoms with E-state index in [1.54, 1.807) is 35.6 Å². The van der Waals surface area contributed by atoms with Crippen LogP contribution in [0.3, 0.4) is 0 Å². The van der Waals surface area contributed by atoms with Gasteiger partial charge in [-0.3, -0.25) is 19.5 Å². The molecule has 7 heteroatoms. The molecule has 4 rings (SSSR count). The second-order valence-electron chi connectivity index (χ2n) is 6.92. The molecule has 0 unspecified atom stereocenters. The molecule has 0 bridgehead atoms. The monoisotopic (exact) mass is 449 g/mol. The van der Waals surface area contributed by atoms with Crippen LogP contribution in [0.2, 0.25) is 0 Å². The third kappa shape index (κ3) is 3.80. The molecule has 2 aromatic rings. The van der Waals surface area contributed by atoms with Crippen molar-refractivity contribution in [2.75, 3.05) is 0 Å². The van der Waals surface area contributed by atoms with Crippen LogP contribution < -0.4 is 4.80 Å². The number of thiazole rings is 1. The molecule has 2 amide bonds. The van der Waals surface area contributed by atoms with Gasteiger partial charge < -0.3 is 4.57 Å². The van der Waals surface area contributed by atoms with Gasteiger partial charge in [0.2, 0.25) is 0 Å². The molecular formula is C20H24BrN3O2S. The molecule has 5 nitrogen and oxygen atoms in total. The Morgan fingerprint density at radius 2 is 1.70 bits per heavy atom. The van der Waals surface area contributed by atoms with Crippen LogP contribution in [0, 0.1) is 0 Å². The van der Waals surface area contributed by atoms with Crippen LogP contribution in [-0.2, 0) is 13.1 Å². The van der Waals surface area contributed by atoms with E-state index >= 15 is 0 Å². The zero-order valence-electron chi connectivity index (χ0n) is 15.4. The summed E-state index contributed by atoms with van der Waals surface area (Å²) >= 11 is 1.61. The van der Waals surface area contributed by atoms with Gasteiger partial charge in [0, 0.05) is 11.9 Å². The molecule has 1 aromatic heterocycles. The molecule has 1 fully saturated rings. The van der Waals surface area contributed by atoms with E-state index < -0.39 is 0 Å². The number of carbonyl (C=O) groups excluding carboxylic acids is 2. The molecule has 1 saturated carbocycles. The van der Waals surface area contributed by atoms with E-state index in [0.29, 0.717) is 23.7 Å². The van der Waals surface area contributed by atoms with Crippen LogP contribution in [0.5, 0.6) is 0 Å². The topological polar surface area (TPSA) is 54.7 Å². The molecule has 144 valence electrons. The third-order valence-corrected chi connectivity index (χ3v) is 6.19. The summed E-state index contributed by atoms with van der Waals surface area (Å²) in [6, 6.07) is 7.45. The van der Waals surface area contributed by atoms with Gasteiger partial charge in [0.05, 0.1) is 29.4 Å². The number of fused-ring (bicyclic) bond motifs is 1. The van der Waals surface area contributed by atoms with Gasteiger partial charge in [-0.1, -0.05) is 31.4 Å². The fourth-order valence-corrected chi connectivity index (χ4v) is 4.87. The lowest BCUT2D eigenvalue weighted by atomic mass is 9.96. The third-order valence-electron chi connectivity index (χ3n) is 5.26. The van der Waals surface area contributed by atoms with Crippen molar-refractivity contribution < 1.29 is 9.59 Å². The molecule has 2 heterocycles. The molecule has 0 saturated heterocycles. The molecule has 0 radical (unpaired) electrons. The van der Waals surface area contributed by atoms with E-state index in [4.69, 9.17) is 4.99 Å². The molecule has 27 heavy (non-hydrogen) atoms. The molecular weight excluding hydrogens is 426 g/mol. The Hall–Kier alpha value is -1.73. The number of hydrogen-bond donors (Lipinski definition) is 0. The minimum absolute atomic E-state index is 0. The van der Waals surface area contributed by atoms with E-state index in [-0.39, 0.29) is 28.8 Å². The Morgan fingerprint density at radius 1 is 1.07 bits per heavy atom. The van der Waals surface area contributed by atoms with Crippen molar-refractivity contribution in [3.63, 3.8) is 0 Å². The largest absolute Gasteiger partial charge is 0.320 e. The highest BCUT2D eigenvalue weighted by Gasteiger charge is 2.35. The first-order valence-electron chi connectivity index (χ1n) is 9.35. The van der Waals surface area contributed by atoms with Gasteiger partial charge in [-0.05, 0) is 31.9 Å². The summed E-state index contributed by atoms with van der Waals surface area (Å²) in [4.78, 5) is 32.5. The van der Waals surface area contributed by atoms with Gasteiger partial charge in [-0.2, -0.15) is 0 Å². The second-order valence-corrected chi connectivity index (χ2v) is 7.75. The lowest BCUT2D eigenvalue weighted by Crippen LogP contribution is -2.31. The summed E-state index contributed by atoms with van der Waals surface area (Å²) in [6.07, 6.45) is 6.15. The normalized spacial score (nSPS) is 18.0. The summed E-state index contributed by atoms with van der Waals surface area (Å²) in [5.74, 6) is -0.407. The van der Waals surface area contributed by atoms with Crippen molar-refractivity contribution >= 4 is 40.1 Å². The summed E-state index contributed by atoms with van der Waals surface area (Å²) in [6.45, 7) is 3.17. The van der Waals surface area contributed by atoms with E-state index in [2.05, 4.69) is 11.5 Å². The SMILES string of the molecule is Br.CCn1c(CN2C(=O)c3ccccc3C2=O)csc1=NC1CCCCC1. The Kier molecular flexibility index (Phi) is 6.32. The number of imide groups is 1. The van der Waals surface area contributed by atoms with Gasteiger partial charge in [-0.25, -0.2) is 0 Å². The molecule has 2 aliphatic rings. The van der Waals surface area contributed by atoms with Crippen LogP contribution >= 0.6 is 28.3 Å². The average molecular weight is 450 g/mol. The maximum Gasteiger partial charge on any atom is 0.261 e. The second kappa shape index (κ2) is 8.52. The van der Waals surface area contributed by atoms with Crippen molar-refractivity contribution in [3.05, 3.63) is 51.3 Å². The van der Waals surface area contributed by atoms with Gasteiger partial charge in [0.25, 0.3) is 11.8 Å². The maximum absolute atomic E-state index is 12.6. The average Bonchev–Trinajstić information content (AvgIpc) is 3.17. The van der Waals surface area contributed by atoms with Crippen LogP contribution in [0.25, 0.3) is 0 Å². The highest BCUT2D eigenvalue weighted by Crippen LogP contribution is 2.24. The minimum atomic E-state index is -0.203. The summed E-state index contributed by atoms with van der Waals surface area (Å²) in [5.41, 5.74) is 1.98. The Labute approximate surface area is 173 Å². The Bertz CT molecular complexity index is 877. The number of nitrogens with zero attached hydrogens (tertiary/aromatic N) is 3. The molecule has 0 spiro atoms. The van der Waals surface area contributed by atoms with Crippen LogP contribution in [-0.4, -0.2) is 27.3 Å². The summed E-state index contributed by atoms with van der Waals surface area (Å²) in [7, 11) is 0. The molecule has 1 aromatic carbocycles. The number of amides is 2. The Balaban J connectivity index is 0.00000210. The van der Waals surface area contributed by atoms with Gasteiger partial charge in [-0.15, -0.1) is 28.3 Å². The zero-order chi connectivity index (χ0) is 18.1. The maximum atomic E-state index is 12.6. The lowest BCUT2D eigenvalue weighted by Gasteiger charge is -2.18. The smallest absolute Gasteiger partial charge is 0.261 e. The van der Waals surface area contributed by atoms with E-state index in [1.165, 1.54) is 24.2 Å². The van der Waals surface area contributed by atoms with Crippen LogP contribution in [0.4, 0.5) is 0 Å². The summed E-state index contributed by atoms with van der Waals surface area (Å²) < 4.78 is 2.14. The van der Waals surface area contributed by atoms with Crippen molar-refractivity contribution in [2.24, 2.45) is 4.99 Å². The molecule has 0 N–H and O–H groups in total. The predicted molar refractivity (Wildman–Crippen MR) is 111 cm³/mol. The van der Waals surface area contributed by atoms with Gasteiger partial charge >= 0.3 is 0 Å². The number of halogens is 1. The summed E-state index contributed by atoms with van der Waals surface area (Å²) in [5, 5.41) is 2.04. The first kappa shape index (κ1) is 20.0. The number of benzene rings is 1. The standard InChI is InChI=1S/C20H23N3O2S.BrH/c1-2-22-15(13-26-20(22)21-14-8-4-3-5-9-14)12-23-18(24)16-10-6-7-11-17(16)19(23)25;/h6-7,10-11,13-14H,2-5,8-9,12H2,1H3;1H. The quantitative estimate of drug-likeness (QED) is 0.657. The van der Waals surface area contributed by atoms with Crippen molar-refractivity contribution in [3.8, 4) is 0 Å². The molecule has 0 atom stereocenters. The molecule has 1 aliphatic heterocycles. The Morgan fingerprint density at radius 3 is 2.30 bits per heavy atom. The van der Waals surface area contributed by atoms with Crippen molar-refractivity contribution in [1.29, 1.82) is 0 Å². The van der Waals surface area contributed by atoms with Crippen molar-refractivity contribution in [1.82, 2.24) is 9.47 Å². The number of hydrogen-bond acceptors (Lipinski definition) is 4. The number of carbonyl (C=O) groups is 2. The first-order chi connectivity index (χ1) is 12.7. The highest BCUT2D eigenvalue weighted by atomic mass is 79.9. The van der Waals surface area contributed by atoms with Crippen molar-refractivity contribution in [2.45, 2.75) is 58.2 Å². The predicted octanol–water partition coefficient (Wildman–Crippen LogP) is 4.18. The number of aromatic nitrogens is 1. The highest BCUT2D eigenvalue weighted by molar-refractivity contribution is 8.93. The number of rotatable bonds is 4. The van der Waals surface area contributed by atoms with E-state index in [0.717, 1.165) is 29.9 Å². The lowest BCUT2D eigenvalue weighted by molar-refractivity contribution is 0.0638. The molecule has 1 aliphatic carbocycles. The van der Waals surface area contributed by atoms with Gasteiger partial charge in [0.1, 0.15) is 0 Å². The van der Waals surface area contributed by atoms with E-state index in [9.17, 15) is 9.59 Å². The minimum Gasteiger partial charge on any atom is -0.320 e.